The van der Waals surface area contributed by atoms with Crippen LogP contribution in [0.25, 0.3) is 35.3 Å². The van der Waals surface area contributed by atoms with Gasteiger partial charge in [0.2, 0.25) is 0 Å². The van der Waals surface area contributed by atoms with Gasteiger partial charge in [0.25, 0.3) is 0 Å². The summed E-state index contributed by atoms with van der Waals surface area (Å²) in [6, 6.07) is 32.4. The van der Waals surface area contributed by atoms with Gasteiger partial charge in [-0.2, -0.15) is 20.4 Å². The van der Waals surface area contributed by atoms with Gasteiger partial charge in [0.1, 0.15) is 39.4 Å². The normalized spacial score (nSPS) is 21.2. The number of hydrogen-bond donors (Lipinski definition) is 0. The molecule has 9 heterocycles. The van der Waals surface area contributed by atoms with Gasteiger partial charge in [-0.3, -0.25) is 34.0 Å². The molecule has 0 amide bonds. The first-order chi connectivity index (χ1) is 57.1. The first-order valence-electron chi connectivity index (χ1n) is 40.2. The number of allylic oxidation sites excluding steroid dienone is 3. The quantitative estimate of drug-likeness (QED) is 0.0680. The van der Waals surface area contributed by atoms with Crippen molar-refractivity contribution in [2.24, 2.45) is 22.2 Å². The zero-order valence-corrected chi connectivity index (χ0v) is 68.8. The van der Waals surface area contributed by atoms with Crippen LogP contribution >= 0.6 is 0 Å². The number of halogens is 3. The lowest BCUT2D eigenvalue weighted by atomic mass is 9.61. The molecule has 3 aromatic carbocycles. The molecule has 4 fully saturated rings. The molecular formula is C91H88F3N13O9S3. The van der Waals surface area contributed by atoms with Crippen molar-refractivity contribution in [3.05, 3.63) is 297 Å². The van der Waals surface area contributed by atoms with Gasteiger partial charge in [-0.1, -0.05) is 16.7 Å². The van der Waals surface area contributed by atoms with Crippen molar-refractivity contribution in [2.75, 3.05) is 0 Å². The summed E-state index contributed by atoms with van der Waals surface area (Å²) in [7, 11) is -11.0. The molecular weight excluding hydrogens is 1570 g/mol. The molecule has 0 spiro atoms. The average molecular weight is 1660 g/mol. The summed E-state index contributed by atoms with van der Waals surface area (Å²) in [6.07, 6.45) is 32.4. The van der Waals surface area contributed by atoms with Crippen LogP contribution in [0.4, 0.5) is 13.2 Å². The van der Waals surface area contributed by atoms with Crippen molar-refractivity contribution in [3.63, 3.8) is 0 Å². The summed E-state index contributed by atoms with van der Waals surface area (Å²) < 4.78 is 134. The van der Waals surface area contributed by atoms with Gasteiger partial charge in [-0.05, 0) is 303 Å². The third kappa shape index (κ3) is 15.0. The molecule has 19 rings (SSSR count). The number of nitrogens with zero attached hydrogens (tertiary/aromatic N) is 13. The number of hydrogen-bond acceptors (Lipinski definition) is 16. The van der Waals surface area contributed by atoms with Crippen molar-refractivity contribution in [1.29, 1.82) is 0 Å². The van der Waals surface area contributed by atoms with Gasteiger partial charge in [-0.25, -0.2) is 52.5 Å². The maximum absolute atomic E-state index is 14.4. The maximum atomic E-state index is 14.4. The number of rotatable bonds is 19. The third-order valence-corrected chi connectivity index (χ3v) is 31.5. The standard InChI is InChI=1S/C31H30FN5O3S.2C30H29FN4O3S/c1-20-10-11-33-28(12-20)30(38)31-14-22-16-35-37(25-7-5-24(32)6-8-25)29(22)13-23(31)4-9-26(15-31)41(39,40)27-17-34-36(19-27)18-21-2-3-21;2*1-3-34-13-11-26(19-34)39(37,38)25-9-4-22-15-28-21(18-33-35(28)24-7-5-23(31)6-8-24)16-30(22,17-25)29(36)27-14-20(2)10-12-32-27/h5-8,10-13,16-17,19,21,26H,2-4,9,14-15,18H2,1H3;2*5-8,10-15,18-19,25H,3-4,9,16-17H2,1-2H3/t26-,31-;2*25-,30-/m000/s1. The van der Waals surface area contributed by atoms with Crippen molar-refractivity contribution in [1.82, 2.24) is 63.2 Å². The van der Waals surface area contributed by atoms with E-state index in [0.29, 0.717) is 121 Å². The Kier molecular flexibility index (Phi) is 21.0. The molecule has 0 N–H and O–H groups in total. The van der Waals surface area contributed by atoms with Crippen LogP contribution in [0.5, 0.6) is 0 Å². The fraction of sp³-hybridized carbons (Fsp3) is 0.319. The van der Waals surface area contributed by atoms with Gasteiger partial charge in [-0.15, -0.1) is 0 Å². The Balaban J connectivity index is 0.000000128. The minimum atomic E-state index is -3.73. The number of carbonyl (C=O) groups excluding carboxylic acids is 3. The van der Waals surface area contributed by atoms with Crippen LogP contribution in [0.15, 0.2) is 227 Å². The molecule has 12 aromatic rings. The number of pyridine rings is 3. The Morgan fingerprint density at radius 1 is 0.412 bits per heavy atom. The number of ketones is 3. The Morgan fingerprint density at radius 3 is 1.04 bits per heavy atom. The molecule has 7 aliphatic carbocycles. The maximum Gasteiger partial charge on any atom is 0.191 e. The molecule has 9 aromatic heterocycles. The third-order valence-electron chi connectivity index (χ3n) is 25.0. The summed E-state index contributed by atoms with van der Waals surface area (Å²) in [5, 5.41) is 15.9. The second-order valence-corrected chi connectivity index (χ2v) is 39.4. The molecule has 0 aliphatic heterocycles. The molecule has 6 atom stereocenters. The fourth-order valence-electron chi connectivity index (χ4n) is 18.4. The van der Waals surface area contributed by atoms with Crippen molar-refractivity contribution < 1.29 is 52.8 Å². The van der Waals surface area contributed by atoms with Crippen LogP contribution in [0, 0.1) is 60.4 Å². The second-order valence-electron chi connectivity index (χ2n) is 32.7. The molecule has 610 valence electrons. The first kappa shape index (κ1) is 79.8. The lowest BCUT2D eigenvalue weighted by molar-refractivity contribution is 0.0790. The smallest absolute Gasteiger partial charge is 0.191 e. The van der Waals surface area contributed by atoms with Crippen molar-refractivity contribution in [2.45, 2.75) is 175 Å². The molecule has 0 unspecified atom stereocenters. The predicted octanol–water partition coefficient (Wildman–Crippen LogP) is 15.9. The zero-order chi connectivity index (χ0) is 83.1. The number of aromatic nitrogens is 13. The highest BCUT2D eigenvalue weighted by Gasteiger charge is 2.56. The van der Waals surface area contributed by atoms with Gasteiger partial charge in [0, 0.05) is 69.2 Å². The second kappa shape index (κ2) is 31.3. The average Bonchev–Trinajstić information content (AvgIpc) is 1.71. The molecule has 4 saturated carbocycles. The van der Waals surface area contributed by atoms with Crippen LogP contribution in [-0.4, -0.2) is 122 Å². The fourth-order valence-corrected chi connectivity index (χ4v) is 23.8. The van der Waals surface area contributed by atoms with E-state index in [2.05, 4.69) is 35.3 Å². The van der Waals surface area contributed by atoms with E-state index in [1.54, 1.807) is 154 Å². The predicted molar refractivity (Wildman–Crippen MR) is 442 cm³/mol. The number of Topliss-reactive ketones (excluding diaryl/α,β-unsaturated/α-hetero) is 3. The van der Waals surface area contributed by atoms with E-state index >= 15 is 0 Å². The number of carbonyl (C=O) groups is 3. The Hall–Kier alpha value is -11.6. The Bertz CT molecular complexity index is 6220. The van der Waals surface area contributed by atoms with Crippen LogP contribution < -0.4 is 0 Å². The molecule has 0 radical (unpaired) electrons. The van der Waals surface area contributed by atoms with Crippen LogP contribution in [0.3, 0.4) is 0 Å². The zero-order valence-electron chi connectivity index (χ0n) is 66.4. The molecule has 0 bridgehead atoms. The highest BCUT2D eigenvalue weighted by Crippen LogP contribution is 2.56. The van der Waals surface area contributed by atoms with Gasteiger partial charge >= 0.3 is 0 Å². The molecule has 0 saturated heterocycles. The van der Waals surface area contributed by atoms with Gasteiger partial charge in [0.05, 0.1) is 101 Å². The van der Waals surface area contributed by atoms with E-state index in [9.17, 15) is 52.8 Å². The highest BCUT2D eigenvalue weighted by atomic mass is 32.2. The minimum absolute atomic E-state index is 0.157. The molecule has 28 heteroatoms. The van der Waals surface area contributed by atoms with E-state index in [0.717, 1.165) is 86.6 Å². The summed E-state index contributed by atoms with van der Waals surface area (Å²) in [4.78, 5) is 57.0. The van der Waals surface area contributed by atoms with E-state index in [4.69, 9.17) is 0 Å². The van der Waals surface area contributed by atoms with Crippen LogP contribution in [0.2, 0.25) is 0 Å². The van der Waals surface area contributed by atoms with Gasteiger partial charge < -0.3 is 9.13 Å². The minimum Gasteiger partial charge on any atom is -0.353 e. The van der Waals surface area contributed by atoms with E-state index < -0.39 is 61.5 Å². The SMILES string of the molecule is CCn1ccc(S(=O)(=O)[C@H]2CCC3=Cc4c(cnn4-c4ccc(F)cc4)C[C@]3(C(=O)c3cc(C)ccn3)C2)c1.CCn1ccc(S(=O)(=O)[C@H]2CCC3=Cc4c(cnn4-c4ccc(F)cc4)C[C@]3(C(=O)c3cc(C)ccn3)C2)c1.Cc1ccnc(C(=O)[C@]23Cc4cnn(-c5ccc(F)cc5)c4C=C2CC[C@H](S(=O)(=O)c2cnn(CC4CC4)c2)C3)c1. The van der Waals surface area contributed by atoms with Crippen molar-refractivity contribution >= 4 is 65.1 Å². The van der Waals surface area contributed by atoms with Crippen LogP contribution in [0.1, 0.15) is 166 Å². The lowest BCUT2D eigenvalue weighted by Gasteiger charge is -2.43. The Morgan fingerprint density at radius 2 is 0.739 bits per heavy atom. The molecule has 119 heavy (non-hydrogen) atoms. The molecule has 7 aliphatic rings. The summed E-state index contributed by atoms with van der Waals surface area (Å²) in [6.45, 7) is 11.7. The summed E-state index contributed by atoms with van der Waals surface area (Å²) in [5.41, 5.74) is 10.4. The van der Waals surface area contributed by atoms with E-state index in [-0.39, 0.29) is 59.0 Å². The first-order valence-corrected chi connectivity index (χ1v) is 44.9. The molecule has 22 nitrogen and oxygen atoms in total. The summed E-state index contributed by atoms with van der Waals surface area (Å²) >= 11 is 0. The topological polar surface area (TPSA) is 273 Å². The number of benzene rings is 3. The Labute approximate surface area is 688 Å². The summed E-state index contributed by atoms with van der Waals surface area (Å²) in [5.74, 6) is -0.919. The number of aryl methyl sites for hydroxylation is 5. The highest BCUT2D eigenvalue weighted by molar-refractivity contribution is 7.92. The largest absolute Gasteiger partial charge is 0.353 e. The van der Waals surface area contributed by atoms with Gasteiger partial charge in [0.15, 0.2) is 46.9 Å². The number of fused-ring (bicyclic) bond motifs is 6. The monoisotopic (exact) mass is 1660 g/mol. The lowest BCUT2D eigenvalue weighted by Crippen LogP contribution is -2.45. The van der Waals surface area contributed by atoms with Crippen molar-refractivity contribution in [3.8, 4) is 17.1 Å². The number of sulfone groups is 3. The van der Waals surface area contributed by atoms with E-state index in [1.165, 1.54) is 42.6 Å². The van der Waals surface area contributed by atoms with E-state index in [1.807, 2.05) is 80.2 Å². The van der Waals surface area contributed by atoms with Crippen LogP contribution in [-0.2, 0) is 68.4 Å².